The van der Waals surface area contributed by atoms with Gasteiger partial charge in [-0.1, -0.05) is 0 Å². The monoisotopic (exact) mass is 410 g/mol. The maximum Gasteiger partial charge on any atom is 0.255 e. The van der Waals surface area contributed by atoms with Gasteiger partial charge in [-0.05, 0) is 66.7 Å². The molecule has 0 aliphatic carbocycles. The summed E-state index contributed by atoms with van der Waals surface area (Å²) in [6.45, 7) is 0. The first-order chi connectivity index (χ1) is 13.8. The molecule has 1 N–H and O–H groups in total. The van der Waals surface area contributed by atoms with Gasteiger partial charge in [-0.15, -0.1) is 0 Å². The fourth-order valence-corrected chi connectivity index (χ4v) is 4.01. The van der Waals surface area contributed by atoms with Crippen molar-refractivity contribution < 1.29 is 22.3 Å². The van der Waals surface area contributed by atoms with Crippen LogP contribution in [0.3, 0.4) is 0 Å². The van der Waals surface area contributed by atoms with Gasteiger partial charge in [-0.25, -0.2) is 12.8 Å². The lowest BCUT2D eigenvalue weighted by Crippen LogP contribution is -2.12. The summed E-state index contributed by atoms with van der Waals surface area (Å²) < 4.78 is 43.8. The van der Waals surface area contributed by atoms with Gasteiger partial charge in [0.25, 0.3) is 5.91 Å². The fraction of sp³-hybridized carbons (Fsp3) is 0.0476. The van der Waals surface area contributed by atoms with Gasteiger partial charge in [0.2, 0.25) is 9.84 Å². The molecule has 1 amide bonds. The summed E-state index contributed by atoms with van der Waals surface area (Å²) in [5, 5.41) is 12.0. The van der Waals surface area contributed by atoms with Gasteiger partial charge in [0, 0.05) is 11.3 Å². The molecule has 0 saturated carbocycles. The number of anilines is 1. The van der Waals surface area contributed by atoms with E-state index >= 15 is 0 Å². The standard InChI is InChI=1S/C21H15FN2O4S/c1-28-18-7-9-19(10-8-18)29(26,27)20-11-6-17(12-15(20)13-23)24-21(25)14-2-4-16(22)5-3-14/h2-12H,1H3,(H,24,25). The van der Waals surface area contributed by atoms with E-state index in [2.05, 4.69) is 5.32 Å². The summed E-state index contributed by atoms with van der Waals surface area (Å²) >= 11 is 0. The summed E-state index contributed by atoms with van der Waals surface area (Å²) in [5.41, 5.74) is 0.349. The van der Waals surface area contributed by atoms with E-state index in [4.69, 9.17) is 4.74 Å². The highest BCUT2D eigenvalue weighted by Crippen LogP contribution is 2.27. The van der Waals surface area contributed by atoms with Gasteiger partial charge < -0.3 is 10.1 Å². The van der Waals surface area contributed by atoms with Crippen molar-refractivity contribution in [3.05, 3.63) is 83.7 Å². The third kappa shape index (κ3) is 4.25. The molecule has 3 rings (SSSR count). The summed E-state index contributed by atoms with van der Waals surface area (Å²) in [7, 11) is -2.47. The molecule has 8 heteroatoms. The molecule has 0 aromatic heterocycles. The van der Waals surface area contributed by atoms with Crippen LogP contribution in [0.1, 0.15) is 15.9 Å². The average Bonchev–Trinajstić information content (AvgIpc) is 2.74. The lowest BCUT2D eigenvalue weighted by atomic mass is 10.2. The zero-order chi connectivity index (χ0) is 21.0. The first-order valence-corrected chi connectivity index (χ1v) is 9.83. The number of carbonyl (C=O) groups excluding carboxylic acids is 1. The highest BCUT2D eigenvalue weighted by molar-refractivity contribution is 7.91. The number of nitrogens with zero attached hydrogens (tertiary/aromatic N) is 1. The Kier molecular flexibility index (Phi) is 5.61. The van der Waals surface area contributed by atoms with Crippen molar-refractivity contribution in [2.45, 2.75) is 9.79 Å². The van der Waals surface area contributed by atoms with Crippen molar-refractivity contribution in [2.75, 3.05) is 12.4 Å². The van der Waals surface area contributed by atoms with Crippen LogP contribution >= 0.6 is 0 Å². The quantitative estimate of drug-likeness (QED) is 0.690. The van der Waals surface area contributed by atoms with Crippen LogP contribution in [-0.2, 0) is 9.84 Å². The molecule has 6 nitrogen and oxygen atoms in total. The Hall–Kier alpha value is -3.70. The molecule has 0 bridgehead atoms. The van der Waals surface area contributed by atoms with Crippen LogP contribution in [0.2, 0.25) is 0 Å². The predicted octanol–water partition coefficient (Wildman–Crippen LogP) is 3.79. The average molecular weight is 410 g/mol. The summed E-state index contributed by atoms with van der Waals surface area (Å²) in [4.78, 5) is 12.1. The van der Waals surface area contributed by atoms with E-state index in [-0.39, 0.29) is 26.6 Å². The van der Waals surface area contributed by atoms with Crippen LogP contribution in [0, 0.1) is 17.1 Å². The number of nitriles is 1. The number of benzene rings is 3. The minimum Gasteiger partial charge on any atom is -0.497 e. The zero-order valence-corrected chi connectivity index (χ0v) is 16.0. The largest absolute Gasteiger partial charge is 0.497 e. The van der Waals surface area contributed by atoms with Crippen molar-refractivity contribution in [3.8, 4) is 11.8 Å². The normalized spacial score (nSPS) is 10.8. The highest BCUT2D eigenvalue weighted by Gasteiger charge is 2.22. The lowest BCUT2D eigenvalue weighted by Gasteiger charge is -2.10. The van der Waals surface area contributed by atoms with Crippen molar-refractivity contribution in [1.29, 1.82) is 5.26 Å². The van der Waals surface area contributed by atoms with Crippen molar-refractivity contribution in [2.24, 2.45) is 0 Å². The molecular weight excluding hydrogens is 395 g/mol. The second kappa shape index (κ2) is 8.12. The molecule has 0 unspecified atom stereocenters. The molecule has 0 aliphatic rings. The first kappa shape index (κ1) is 20.0. The van der Waals surface area contributed by atoms with E-state index < -0.39 is 21.6 Å². The Labute approximate surface area is 167 Å². The molecule has 0 saturated heterocycles. The second-order valence-electron chi connectivity index (χ2n) is 5.96. The van der Waals surface area contributed by atoms with E-state index in [9.17, 15) is 22.9 Å². The minimum absolute atomic E-state index is 0.0119. The molecule has 0 spiro atoms. The molecule has 0 aliphatic heterocycles. The zero-order valence-electron chi connectivity index (χ0n) is 15.2. The van der Waals surface area contributed by atoms with Gasteiger partial charge in [-0.2, -0.15) is 5.26 Å². The third-order valence-corrected chi connectivity index (χ3v) is 5.95. The summed E-state index contributed by atoms with van der Waals surface area (Å²) in [5.74, 6) is -0.482. The van der Waals surface area contributed by atoms with Crippen molar-refractivity contribution in [3.63, 3.8) is 0 Å². The number of sulfone groups is 1. The number of halogens is 1. The number of nitrogens with one attached hydrogen (secondary N) is 1. The third-order valence-electron chi connectivity index (χ3n) is 4.12. The van der Waals surface area contributed by atoms with Crippen LogP contribution in [0.5, 0.6) is 5.75 Å². The fourth-order valence-electron chi connectivity index (χ4n) is 2.62. The van der Waals surface area contributed by atoms with Crippen molar-refractivity contribution in [1.82, 2.24) is 0 Å². The van der Waals surface area contributed by atoms with E-state index in [1.807, 2.05) is 6.07 Å². The number of hydrogen-bond acceptors (Lipinski definition) is 5. The first-order valence-electron chi connectivity index (χ1n) is 8.35. The maximum atomic E-state index is 13.0. The Morgan fingerprint density at radius 2 is 1.69 bits per heavy atom. The SMILES string of the molecule is COc1ccc(S(=O)(=O)c2ccc(NC(=O)c3ccc(F)cc3)cc2C#N)cc1. The highest BCUT2D eigenvalue weighted by atomic mass is 32.2. The number of hydrogen-bond donors (Lipinski definition) is 1. The molecular formula is C21H15FN2O4S. The lowest BCUT2D eigenvalue weighted by molar-refractivity contribution is 0.102. The number of rotatable bonds is 5. The smallest absolute Gasteiger partial charge is 0.255 e. The number of amides is 1. The van der Waals surface area contributed by atoms with E-state index in [1.54, 1.807) is 0 Å². The Bertz CT molecular complexity index is 1200. The number of carbonyl (C=O) groups is 1. The molecule has 0 heterocycles. The molecule has 3 aromatic rings. The summed E-state index contributed by atoms with van der Waals surface area (Å²) in [6.07, 6.45) is 0. The van der Waals surface area contributed by atoms with Crippen molar-refractivity contribution >= 4 is 21.4 Å². The molecule has 0 radical (unpaired) electrons. The van der Waals surface area contributed by atoms with Crippen LogP contribution in [0.4, 0.5) is 10.1 Å². The van der Waals surface area contributed by atoms with E-state index in [1.165, 1.54) is 61.7 Å². The van der Waals surface area contributed by atoms with Gasteiger partial charge in [0.15, 0.2) is 0 Å². The van der Waals surface area contributed by atoms with Crippen LogP contribution < -0.4 is 10.1 Å². The van der Waals surface area contributed by atoms with Crippen LogP contribution in [0.25, 0.3) is 0 Å². The number of ether oxygens (including phenoxy) is 1. The second-order valence-corrected chi connectivity index (χ2v) is 7.88. The minimum atomic E-state index is -3.94. The van der Waals surface area contributed by atoms with Gasteiger partial charge in [-0.3, -0.25) is 4.79 Å². The van der Waals surface area contributed by atoms with Crippen LogP contribution in [-0.4, -0.2) is 21.4 Å². The van der Waals surface area contributed by atoms with E-state index in [0.29, 0.717) is 5.75 Å². The molecule has 29 heavy (non-hydrogen) atoms. The van der Waals surface area contributed by atoms with Gasteiger partial charge in [0.05, 0.1) is 22.5 Å². The molecule has 146 valence electrons. The topological polar surface area (TPSA) is 96.3 Å². The van der Waals surface area contributed by atoms with E-state index in [0.717, 1.165) is 12.1 Å². The predicted molar refractivity (Wildman–Crippen MR) is 104 cm³/mol. The van der Waals surface area contributed by atoms with Crippen LogP contribution in [0.15, 0.2) is 76.5 Å². The summed E-state index contributed by atoms with van der Waals surface area (Å²) in [6, 6.07) is 16.5. The van der Waals surface area contributed by atoms with Gasteiger partial charge >= 0.3 is 0 Å². The maximum absolute atomic E-state index is 13.0. The molecule has 3 aromatic carbocycles. The molecule has 0 atom stereocenters. The number of methoxy groups -OCH3 is 1. The Morgan fingerprint density at radius 1 is 1.03 bits per heavy atom. The molecule has 0 fully saturated rings. The Balaban J connectivity index is 1.91. The Morgan fingerprint density at radius 3 is 2.28 bits per heavy atom. The van der Waals surface area contributed by atoms with Gasteiger partial charge in [0.1, 0.15) is 17.6 Å².